The zero-order chi connectivity index (χ0) is 11.5. The molecule has 0 radical (unpaired) electrons. The summed E-state index contributed by atoms with van der Waals surface area (Å²) in [5, 5.41) is 0. The molecule has 1 unspecified atom stereocenters. The number of hydrogen-bond donors (Lipinski definition) is 0. The fourth-order valence-corrected chi connectivity index (χ4v) is 2.55. The molecule has 1 fully saturated rings. The SMILES string of the molecule is CC(C)C1CCCN1c1ccc(C=O)cc1. The van der Waals surface area contributed by atoms with Crippen molar-refractivity contribution in [2.45, 2.75) is 32.7 Å². The Hall–Kier alpha value is -1.31. The topological polar surface area (TPSA) is 20.3 Å². The quantitative estimate of drug-likeness (QED) is 0.725. The average molecular weight is 217 g/mol. The van der Waals surface area contributed by atoms with Crippen LogP contribution in [-0.4, -0.2) is 18.9 Å². The van der Waals surface area contributed by atoms with Crippen molar-refractivity contribution >= 4 is 12.0 Å². The number of rotatable bonds is 3. The molecule has 0 aromatic heterocycles. The van der Waals surface area contributed by atoms with Crippen LogP contribution in [0.1, 0.15) is 37.0 Å². The third kappa shape index (κ3) is 2.11. The number of aldehydes is 1. The second kappa shape index (κ2) is 4.69. The van der Waals surface area contributed by atoms with E-state index >= 15 is 0 Å². The highest BCUT2D eigenvalue weighted by atomic mass is 16.1. The van der Waals surface area contributed by atoms with E-state index in [1.54, 1.807) is 0 Å². The summed E-state index contributed by atoms with van der Waals surface area (Å²) in [5.74, 6) is 0.688. The first-order valence-corrected chi connectivity index (χ1v) is 6.04. The van der Waals surface area contributed by atoms with E-state index in [1.165, 1.54) is 18.5 Å². The third-order valence-electron chi connectivity index (χ3n) is 3.43. The summed E-state index contributed by atoms with van der Waals surface area (Å²) < 4.78 is 0. The molecule has 2 nitrogen and oxygen atoms in total. The monoisotopic (exact) mass is 217 g/mol. The summed E-state index contributed by atoms with van der Waals surface area (Å²) >= 11 is 0. The van der Waals surface area contributed by atoms with Crippen molar-refractivity contribution in [3.05, 3.63) is 29.8 Å². The maximum Gasteiger partial charge on any atom is 0.150 e. The minimum absolute atomic E-state index is 0.655. The van der Waals surface area contributed by atoms with Gasteiger partial charge >= 0.3 is 0 Å². The highest BCUT2D eigenvalue weighted by Crippen LogP contribution is 2.29. The smallest absolute Gasteiger partial charge is 0.150 e. The lowest BCUT2D eigenvalue weighted by atomic mass is 10.0. The zero-order valence-corrected chi connectivity index (χ0v) is 10.0. The third-order valence-corrected chi connectivity index (χ3v) is 3.43. The van der Waals surface area contributed by atoms with Crippen molar-refractivity contribution in [2.75, 3.05) is 11.4 Å². The molecular weight excluding hydrogens is 198 g/mol. The molecule has 2 rings (SSSR count). The number of nitrogens with zero attached hydrogens (tertiary/aromatic N) is 1. The Kier molecular flexibility index (Phi) is 3.28. The Morgan fingerprint density at radius 3 is 2.56 bits per heavy atom. The lowest BCUT2D eigenvalue weighted by molar-refractivity contribution is 0.112. The largest absolute Gasteiger partial charge is 0.368 e. The van der Waals surface area contributed by atoms with Crippen LogP contribution < -0.4 is 4.90 Å². The number of carbonyl (C=O) groups excluding carboxylic acids is 1. The van der Waals surface area contributed by atoms with Gasteiger partial charge in [0, 0.05) is 23.8 Å². The van der Waals surface area contributed by atoms with Gasteiger partial charge in [0.05, 0.1) is 0 Å². The molecule has 16 heavy (non-hydrogen) atoms. The fourth-order valence-electron chi connectivity index (χ4n) is 2.55. The maximum atomic E-state index is 10.6. The van der Waals surface area contributed by atoms with Gasteiger partial charge in [-0.1, -0.05) is 13.8 Å². The molecule has 86 valence electrons. The first-order valence-electron chi connectivity index (χ1n) is 6.04. The van der Waals surface area contributed by atoms with Crippen LogP contribution >= 0.6 is 0 Å². The van der Waals surface area contributed by atoms with E-state index in [2.05, 4.69) is 30.9 Å². The Balaban J connectivity index is 2.19. The Morgan fingerprint density at radius 1 is 1.31 bits per heavy atom. The van der Waals surface area contributed by atoms with Gasteiger partial charge in [-0.25, -0.2) is 0 Å². The van der Waals surface area contributed by atoms with Crippen molar-refractivity contribution in [2.24, 2.45) is 5.92 Å². The lowest BCUT2D eigenvalue weighted by Crippen LogP contribution is -2.33. The van der Waals surface area contributed by atoms with E-state index < -0.39 is 0 Å². The molecular formula is C14H19NO. The Bertz CT molecular complexity index is 356. The number of anilines is 1. The fraction of sp³-hybridized carbons (Fsp3) is 0.500. The molecule has 0 amide bonds. The highest BCUT2D eigenvalue weighted by molar-refractivity contribution is 5.75. The van der Waals surface area contributed by atoms with Crippen molar-refractivity contribution < 1.29 is 4.79 Å². The molecule has 0 aliphatic carbocycles. The molecule has 1 heterocycles. The number of benzene rings is 1. The maximum absolute atomic E-state index is 10.6. The van der Waals surface area contributed by atoms with E-state index in [4.69, 9.17) is 0 Å². The summed E-state index contributed by atoms with van der Waals surface area (Å²) in [6.45, 7) is 5.70. The molecule has 1 saturated heterocycles. The second-order valence-electron chi connectivity index (χ2n) is 4.86. The van der Waals surface area contributed by atoms with E-state index in [9.17, 15) is 4.79 Å². The number of hydrogen-bond acceptors (Lipinski definition) is 2. The summed E-state index contributed by atoms with van der Waals surface area (Å²) in [7, 11) is 0. The van der Waals surface area contributed by atoms with Crippen LogP contribution in [0.4, 0.5) is 5.69 Å². The molecule has 1 atom stereocenters. The van der Waals surface area contributed by atoms with Crippen LogP contribution in [0.15, 0.2) is 24.3 Å². The predicted molar refractivity (Wildman–Crippen MR) is 67.0 cm³/mol. The van der Waals surface area contributed by atoms with Gasteiger partial charge in [-0.3, -0.25) is 4.79 Å². The first kappa shape index (κ1) is 11.2. The molecule has 1 aliphatic rings. The predicted octanol–water partition coefficient (Wildman–Crippen LogP) is 3.12. The Labute approximate surface area is 97.3 Å². The van der Waals surface area contributed by atoms with Gasteiger partial charge in [0.15, 0.2) is 0 Å². The summed E-state index contributed by atoms with van der Waals surface area (Å²) in [6, 6.07) is 8.58. The van der Waals surface area contributed by atoms with Crippen LogP contribution in [0.5, 0.6) is 0 Å². The number of carbonyl (C=O) groups is 1. The molecule has 1 aliphatic heterocycles. The second-order valence-corrected chi connectivity index (χ2v) is 4.86. The van der Waals surface area contributed by atoms with Gasteiger partial charge in [-0.05, 0) is 43.0 Å². The molecule has 0 saturated carbocycles. The van der Waals surface area contributed by atoms with E-state index in [0.717, 1.165) is 18.4 Å². The van der Waals surface area contributed by atoms with Gasteiger partial charge in [0.25, 0.3) is 0 Å². The van der Waals surface area contributed by atoms with E-state index in [-0.39, 0.29) is 0 Å². The minimum Gasteiger partial charge on any atom is -0.368 e. The van der Waals surface area contributed by atoms with Gasteiger partial charge in [0.2, 0.25) is 0 Å². The van der Waals surface area contributed by atoms with Crippen LogP contribution in [0.3, 0.4) is 0 Å². The summed E-state index contributed by atoms with van der Waals surface area (Å²) in [4.78, 5) is 13.1. The molecule has 0 spiro atoms. The molecule has 1 aromatic carbocycles. The normalized spacial score (nSPS) is 20.4. The lowest BCUT2D eigenvalue weighted by Gasteiger charge is -2.29. The van der Waals surface area contributed by atoms with Gasteiger partial charge < -0.3 is 4.90 Å². The van der Waals surface area contributed by atoms with Crippen molar-refractivity contribution in [3.63, 3.8) is 0 Å². The van der Waals surface area contributed by atoms with Gasteiger partial charge in [-0.2, -0.15) is 0 Å². The summed E-state index contributed by atoms with van der Waals surface area (Å²) in [5.41, 5.74) is 2.01. The molecule has 0 bridgehead atoms. The Morgan fingerprint density at radius 2 is 2.00 bits per heavy atom. The highest BCUT2D eigenvalue weighted by Gasteiger charge is 2.26. The molecule has 2 heteroatoms. The van der Waals surface area contributed by atoms with E-state index in [0.29, 0.717) is 12.0 Å². The van der Waals surface area contributed by atoms with Crippen molar-refractivity contribution in [1.82, 2.24) is 0 Å². The standard InChI is InChI=1S/C14H19NO/c1-11(2)14-4-3-9-15(14)13-7-5-12(10-16)6-8-13/h5-8,10-11,14H,3-4,9H2,1-2H3. The van der Waals surface area contributed by atoms with Crippen LogP contribution in [0.25, 0.3) is 0 Å². The zero-order valence-electron chi connectivity index (χ0n) is 10.0. The molecule has 0 N–H and O–H groups in total. The first-order chi connectivity index (χ1) is 7.72. The van der Waals surface area contributed by atoms with Gasteiger partial charge in [0.1, 0.15) is 6.29 Å². The molecule has 1 aromatic rings. The minimum atomic E-state index is 0.655. The van der Waals surface area contributed by atoms with E-state index in [1.807, 2.05) is 12.1 Å². The van der Waals surface area contributed by atoms with Gasteiger partial charge in [-0.15, -0.1) is 0 Å². The van der Waals surface area contributed by atoms with Crippen LogP contribution in [0, 0.1) is 5.92 Å². The van der Waals surface area contributed by atoms with Crippen molar-refractivity contribution in [3.8, 4) is 0 Å². The van der Waals surface area contributed by atoms with Crippen molar-refractivity contribution in [1.29, 1.82) is 0 Å². The van der Waals surface area contributed by atoms with Crippen LogP contribution in [0.2, 0.25) is 0 Å². The summed E-state index contributed by atoms with van der Waals surface area (Å²) in [6.07, 6.45) is 3.46. The average Bonchev–Trinajstić information content (AvgIpc) is 2.78. The van der Waals surface area contributed by atoms with Crippen LogP contribution in [-0.2, 0) is 0 Å².